The van der Waals surface area contributed by atoms with Crippen LogP contribution in [0.1, 0.15) is 30.6 Å². The van der Waals surface area contributed by atoms with E-state index in [2.05, 4.69) is 5.32 Å². The van der Waals surface area contributed by atoms with Gasteiger partial charge in [-0.15, -0.1) is 0 Å². The number of amides is 1. The van der Waals surface area contributed by atoms with E-state index in [1.165, 1.54) is 13.2 Å². The van der Waals surface area contributed by atoms with Crippen molar-refractivity contribution in [1.82, 2.24) is 0 Å². The number of ether oxygens (including phenoxy) is 2. The minimum absolute atomic E-state index is 0.230. The number of nitrogens with one attached hydrogen (secondary N) is 1. The maximum absolute atomic E-state index is 13.0. The van der Waals surface area contributed by atoms with Crippen LogP contribution in [0, 0.1) is 0 Å². The maximum atomic E-state index is 13.0. The van der Waals surface area contributed by atoms with Gasteiger partial charge >= 0.3 is 5.97 Å². The summed E-state index contributed by atoms with van der Waals surface area (Å²) < 4.78 is 36.3. The van der Waals surface area contributed by atoms with Crippen LogP contribution in [0.5, 0.6) is 5.75 Å². The van der Waals surface area contributed by atoms with Crippen molar-refractivity contribution in [2.45, 2.75) is 26.3 Å². The summed E-state index contributed by atoms with van der Waals surface area (Å²) in [6.07, 6.45) is 1.28. The number of benzene rings is 2. The molecule has 2 aromatic rings. The lowest BCUT2D eigenvalue weighted by atomic mass is 10.1. The summed E-state index contributed by atoms with van der Waals surface area (Å²) in [4.78, 5) is 24.9. The molecule has 1 amide bonds. The van der Waals surface area contributed by atoms with Crippen LogP contribution < -0.4 is 14.4 Å². The number of rotatable bonds is 9. The van der Waals surface area contributed by atoms with Gasteiger partial charge in [-0.25, -0.2) is 13.2 Å². The Morgan fingerprint density at radius 2 is 1.80 bits per heavy atom. The largest absolute Gasteiger partial charge is 0.497 e. The number of carbonyl (C=O) groups is 2. The molecule has 1 atom stereocenters. The molecule has 0 aliphatic carbocycles. The third kappa shape index (κ3) is 5.73. The topological polar surface area (TPSA) is 102 Å². The van der Waals surface area contributed by atoms with Crippen molar-refractivity contribution < 1.29 is 27.5 Å². The molecule has 0 aliphatic heterocycles. The molecular formula is C21H26N2O6S. The lowest BCUT2D eigenvalue weighted by Gasteiger charge is -2.30. The molecule has 2 aromatic carbocycles. The average molecular weight is 435 g/mol. The van der Waals surface area contributed by atoms with Crippen molar-refractivity contribution in [2.75, 3.05) is 29.6 Å². The van der Waals surface area contributed by atoms with Crippen LogP contribution in [0.15, 0.2) is 48.5 Å². The first-order valence-corrected chi connectivity index (χ1v) is 11.3. The average Bonchev–Trinajstić information content (AvgIpc) is 2.71. The highest BCUT2D eigenvalue weighted by molar-refractivity contribution is 7.92. The second-order valence-corrected chi connectivity index (χ2v) is 8.33. The van der Waals surface area contributed by atoms with Gasteiger partial charge in [0, 0.05) is 11.8 Å². The number of hydrogen-bond donors (Lipinski definition) is 1. The van der Waals surface area contributed by atoms with Crippen molar-refractivity contribution in [1.29, 1.82) is 0 Å². The molecule has 162 valence electrons. The van der Waals surface area contributed by atoms with E-state index < -0.39 is 27.9 Å². The highest BCUT2D eigenvalue weighted by Gasteiger charge is 2.31. The third-order valence-corrected chi connectivity index (χ3v) is 5.46. The molecule has 9 heteroatoms. The van der Waals surface area contributed by atoms with Crippen LogP contribution in [0.2, 0.25) is 0 Å². The van der Waals surface area contributed by atoms with Crippen LogP contribution >= 0.6 is 0 Å². The summed E-state index contributed by atoms with van der Waals surface area (Å²) in [7, 11) is -2.30. The standard InChI is InChI=1S/C21H26N2O6S/c1-5-19(23(30(4,26)27)17-11-8-12-18(14-17)28-3)20(24)22-16-10-7-9-15(13-16)21(25)29-6-2/h7-14,19H,5-6H2,1-4H3,(H,22,24)/t19-/m1/s1. The normalized spacial score (nSPS) is 12.0. The summed E-state index contributed by atoms with van der Waals surface area (Å²) in [6.45, 7) is 3.66. The minimum atomic E-state index is -3.78. The molecule has 1 N–H and O–H groups in total. The van der Waals surface area contributed by atoms with E-state index in [1.54, 1.807) is 56.3 Å². The Balaban J connectivity index is 2.35. The quantitative estimate of drug-likeness (QED) is 0.609. The SMILES string of the molecule is CCOC(=O)c1cccc(NC(=O)[C@@H](CC)N(c2cccc(OC)c2)S(C)(=O)=O)c1. The molecule has 0 aliphatic rings. The molecule has 0 radical (unpaired) electrons. The molecule has 0 fully saturated rings. The number of hydrogen-bond acceptors (Lipinski definition) is 6. The first-order valence-electron chi connectivity index (χ1n) is 9.42. The zero-order valence-electron chi connectivity index (χ0n) is 17.4. The van der Waals surface area contributed by atoms with Gasteiger partial charge in [0.25, 0.3) is 0 Å². The second kappa shape index (κ2) is 10.1. The summed E-state index contributed by atoms with van der Waals surface area (Å²) >= 11 is 0. The molecule has 2 rings (SSSR count). The highest BCUT2D eigenvalue weighted by atomic mass is 32.2. The fraction of sp³-hybridized carbons (Fsp3) is 0.333. The number of nitrogens with zero attached hydrogens (tertiary/aromatic N) is 1. The van der Waals surface area contributed by atoms with Crippen molar-refractivity contribution >= 4 is 33.3 Å². The van der Waals surface area contributed by atoms with Gasteiger partial charge < -0.3 is 14.8 Å². The molecule has 0 unspecified atom stereocenters. The van der Waals surface area contributed by atoms with Gasteiger partial charge in [-0.3, -0.25) is 9.10 Å². The monoisotopic (exact) mass is 434 g/mol. The molecular weight excluding hydrogens is 408 g/mol. The van der Waals surface area contributed by atoms with Crippen LogP contribution in [0.4, 0.5) is 11.4 Å². The predicted molar refractivity (Wildman–Crippen MR) is 115 cm³/mol. The zero-order chi connectivity index (χ0) is 22.3. The first-order chi connectivity index (χ1) is 14.2. The molecule has 0 saturated carbocycles. The fourth-order valence-electron chi connectivity index (χ4n) is 2.97. The summed E-state index contributed by atoms with van der Waals surface area (Å²) in [5, 5.41) is 2.70. The molecule has 0 saturated heterocycles. The Labute approximate surface area is 176 Å². The summed E-state index contributed by atoms with van der Waals surface area (Å²) in [5.41, 5.74) is 0.970. The van der Waals surface area contributed by atoms with E-state index in [1.807, 2.05) is 0 Å². The predicted octanol–water partition coefficient (Wildman–Crippen LogP) is 3.06. The van der Waals surface area contributed by atoms with Crippen LogP contribution in [0.3, 0.4) is 0 Å². The second-order valence-electron chi connectivity index (χ2n) is 6.47. The van der Waals surface area contributed by atoms with Gasteiger partial charge in [0.2, 0.25) is 15.9 Å². The van der Waals surface area contributed by atoms with Crippen LogP contribution in [-0.2, 0) is 19.6 Å². The first kappa shape index (κ1) is 23.2. The lowest BCUT2D eigenvalue weighted by molar-refractivity contribution is -0.117. The van der Waals surface area contributed by atoms with Gasteiger partial charge in [0.1, 0.15) is 11.8 Å². The number of sulfonamides is 1. The van der Waals surface area contributed by atoms with E-state index in [0.29, 0.717) is 17.1 Å². The molecule has 0 bridgehead atoms. The van der Waals surface area contributed by atoms with Crippen molar-refractivity contribution in [3.05, 3.63) is 54.1 Å². The van der Waals surface area contributed by atoms with Crippen molar-refractivity contribution in [2.24, 2.45) is 0 Å². The highest BCUT2D eigenvalue weighted by Crippen LogP contribution is 2.27. The lowest BCUT2D eigenvalue weighted by Crippen LogP contribution is -2.47. The Kier molecular flexibility index (Phi) is 7.82. The van der Waals surface area contributed by atoms with Gasteiger partial charge in [-0.05, 0) is 43.7 Å². The smallest absolute Gasteiger partial charge is 0.338 e. The molecule has 30 heavy (non-hydrogen) atoms. The van der Waals surface area contributed by atoms with Crippen molar-refractivity contribution in [3.63, 3.8) is 0 Å². The van der Waals surface area contributed by atoms with Crippen LogP contribution in [0.25, 0.3) is 0 Å². The van der Waals surface area contributed by atoms with E-state index in [-0.39, 0.29) is 18.6 Å². The van der Waals surface area contributed by atoms with Crippen molar-refractivity contribution in [3.8, 4) is 5.75 Å². The molecule has 8 nitrogen and oxygen atoms in total. The van der Waals surface area contributed by atoms with Gasteiger partial charge in [-0.2, -0.15) is 0 Å². The Hall–Kier alpha value is -3.07. The van der Waals surface area contributed by atoms with Gasteiger partial charge in [-0.1, -0.05) is 19.1 Å². The number of carbonyl (C=O) groups excluding carboxylic acids is 2. The zero-order valence-corrected chi connectivity index (χ0v) is 18.2. The molecule has 0 spiro atoms. The number of esters is 1. The molecule has 0 aromatic heterocycles. The van der Waals surface area contributed by atoms with E-state index in [4.69, 9.17) is 9.47 Å². The Bertz CT molecular complexity index is 1010. The van der Waals surface area contributed by atoms with Gasteiger partial charge in [0.15, 0.2) is 0 Å². The van der Waals surface area contributed by atoms with E-state index in [9.17, 15) is 18.0 Å². The molecule has 0 heterocycles. The summed E-state index contributed by atoms with van der Waals surface area (Å²) in [5.74, 6) is -0.555. The third-order valence-electron chi connectivity index (χ3n) is 4.28. The Morgan fingerprint density at radius 1 is 1.10 bits per heavy atom. The Morgan fingerprint density at radius 3 is 2.40 bits per heavy atom. The number of anilines is 2. The van der Waals surface area contributed by atoms with Gasteiger partial charge in [0.05, 0.1) is 31.2 Å². The number of methoxy groups -OCH3 is 1. The van der Waals surface area contributed by atoms with E-state index >= 15 is 0 Å². The van der Waals surface area contributed by atoms with Crippen LogP contribution in [-0.4, -0.2) is 46.3 Å². The fourth-order valence-corrected chi connectivity index (χ4v) is 4.18. The minimum Gasteiger partial charge on any atom is -0.497 e. The van der Waals surface area contributed by atoms with E-state index in [0.717, 1.165) is 10.6 Å². The summed E-state index contributed by atoms with van der Waals surface area (Å²) in [6, 6.07) is 11.8. The maximum Gasteiger partial charge on any atom is 0.338 e.